The van der Waals surface area contributed by atoms with Gasteiger partial charge in [-0.2, -0.15) is 0 Å². The molecule has 0 aromatic heterocycles. The molecule has 80 valence electrons. The highest BCUT2D eigenvalue weighted by Crippen LogP contribution is 2.32. The van der Waals surface area contributed by atoms with E-state index in [0.717, 1.165) is 0 Å². The van der Waals surface area contributed by atoms with E-state index in [9.17, 15) is 0 Å². The fourth-order valence-electron chi connectivity index (χ4n) is 2.52. The standard InChI is InChI=1S/C14H19N/c1-2-14(15)13-10-6-4-8-11-7-3-5-9-12(11)13/h2-3,5,7,9,13-14H,1,4,6,8,10,15H2. The number of hydrogen-bond donors (Lipinski definition) is 1. The third-order valence-corrected chi connectivity index (χ3v) is 3.40. The molecule has 1 aromatic carbocycles. The summed E-state index contributed by atoms with van der Waals surface area (Å²) in [6.07, 6.45) is 6.85. The first-order chi connectivity index (χ1) is 7.33. The summed E-state index contributed by atoms with van der Waals surface area (Å²) in [7, 11) is 0. The van der Waals surface area contributed by atoms with E-state index in [2.05, 4.69) is 30.8 Å². The van der Waals surface area contributed by atoms with Crippen molar-refractivity contribution in [2.45, 2.75) is 37.6 Å². The van der Waals surface area contributed by atoms with Crippen LogP contribution in [0.15, 0.2) is 36.9 Å². The van der Waals surface area contributed by atoms with Crippen LogP contribution >= 0.6 is 0 Å². The zero-order valence-electron chi connectivity index (χ0n) is 9.15. The minimum Gasteiger partial charge on any atom is -0.324 e. The Morgan fingerprint density at radius 3 is 2.93 bits per heavy atom. The lowest BCUT2D eigenvalue weighted by Gasteiger charge is -2.21. The summed E-state index contributed by atoms with van der Waals surface area (Å²) in [5, 5.41) is 0. The molecule has 2 N–H and O–H groups in total. The van der Waals surface area contributed by atoms with Crippen LogP contribution in [0.4, 0.5) is 0 Å². The van der Waals surface area contributed by atoms with Gasteiger partial charge in [-0.15, -0.1) is 6.58 Å². The van der Waals surface area contributed by atoms with Crippen molar-refractivity contribution in [2.75, 3.05) is 0 Å². The van der Waals surface area contributed by atoms with Crippen LogP contribution in [0.5, 0.6) is 0 Å². The highest BCUT2D eigenvalue weighted by atomic mass is 14.6. The van der Waals surface area contributed by atoms with Gasteiger partial charge >= 0.3 is 0 Å². The molecule has 0 saturated heterocycles. The van der Waals surface area contributed by atoms with Crippen LogP contribution in [0.25, 0.3) is 0 Å². The maximum Gasteiger partial charge on any atom is 0.0291 e. The average Bonchev–Trinajstić information content (AvgIpc) is 2.50. The van der Waals surface area contributed by atoms with Crippen molar-refractivity contribution < 1.29 is 0 Å². The van der Waals surface area contributed by atoms with Crippen LogP contribution in [0.2, 0.25) is 0 Å². The second-order valence-electron chi connectivity index (χ2n) is 4.36. The molecule has 1 nitrogen and oxygen atoms in total. The Balaban J connectivity index is 2.36. The van der Waals surface area contributed by atoms with Crippen LogP contribution in [0.1, 0.15) is 36.3 Å². The summed E-state index contributed by atoms with van der Waals surface area (Å²) in [5.41, 5.74) is 9.04. The molecule has 15 heavy (non-hydrogen) atoms. The summed E-state index contributed by atoms with van der Waals surface area (Å²) in [6, 6.07) is 8.82. The Labute approximate surface area is 92.0 Å². The van der Waals surface area contributed by atoms with Crippen molar-refractivity contribution in [1.82, 2.24) is 0 Å². The van der Waals surface area contributed by atoms with E-state index in [1.54, 1.807) is 0 Å². The Kier molecular flexibility index (Phi) is 3.22. The minimum absolute atomic E-state index is 0.101. The molecule has 0 radical (unpaired) electrons. The predicted molar refractivity (Wildman–Crippen MR) is 64.9 cm³/mol. The van der Waals surface area contributed by atoms with Crippen LogP contribution < -0.4 is 5.73 Å². The molecular weight excluding hydrogens is 182 g/mol. The Morgan fingerprint density at radius 1 is 1.33 bits per heavy atom. The van der Waals surface area contributed by atoms with Gasteiger partial charge in [0.2, 0.25) is 0 Å². The first-order valence-electron chi connectivity index (χ1n) is 5.79. The molecule has 0 spiro atoms. The van der Waals surface area contributed by atoms with Gasteiger partial charge in [0.25, 0.3) is 0 Å². The Hall–Kier alpha value is -1.08. The van der Waals surface area contributed by atoms with Gasteiger partial charge in [-0.05, 0) is 30.4 Å². The molecular formula is C14H19N. The number of benzene rings is 1. The maximum atomic E-state index is 6.11. The van der Waals surface area contributed by atoms with Crippen LogP contribution in [0, 0.1) is 0 Å². The third kappa shape index (κ3) is 2.13. The number of fused-ring (bicyclic) bond motifs is 1. The van der Waals surface area contributed by atoms with Gasteiger partial charge in [-0.25, -0.2) is 0 Å². The summed E-state index contributed by atoms with van der Waals surface area (Å²) >= 11 is 0. The SMILES string of the molecule is C=CC(N)C1CCCCc2ccccc21. The zero-order chi connectivity index (χ0) is 10.7. The van der Waals surface area contributed by atoms with Crippen LogP contribution in [-0.2, 0) is 6.42 Å². The molecule has 1 aliphatic carbocycles. The lowest BCUT2D eigenvalue weighted by Crippen LogP contribution is -2.26. The number of rotatable bonds is 2. The van der Waals surface area contributed by atoms with Gasteiger partial charge in [-0.1, -0.05) is 36.8 Å². The third-order valence-electron chi connectivity index (χ3n) is 3.40. The van der Waals surface area contributed by atoms with E-state index in [1.807, 2.05) is 6.08 Å². The first-order valence-corrected chi connectivity index (χ1v) is 5.79. The minimum atomic E-state index is 0.101. The molecule has 0 amide bonds. The van der Waals surface area contributed by atoms with E-state index in [4.69, 9.17) is 5.73 Å². The van der Waals surface area contributed by atoms with Crippen LogP contribution in [-0.4, -0.2) is 6.04 Å². The van der Waals surface area contributed by atoms with Gasteiger partial charge in [0.15, 0.2) is 0 Å². The van der Waals surface area contributed by atoms with Crippen molar-refractivity contribution in [3.63, 3.8) is 0 Å². The van der Waals surface area contributed by atoms with Gasteiger partial charge in [0.05, 0.1) is 0 Å². The van der Waals surface area contributed by atoms with Gasteiger partial charge in [0.1, 0.15) is 0 Å². The second kappa shape index (κ2) is 4.63. The molecule has 2 unspecified atom stereocenters. The molecule has 0 aliphatic heterocycles. The molecule has 1 heteroatoms. The van der Waals surface area contributed by atoms with Gasteiger partial charge in [0, 0.05) is 12.0 Å². The lowest BCUT2D eigenvalue weighted by atomic mass is 9.87. The molecule has 1 aliphatic rings. The fraction of sp³-hybridized carbons (Fsp3) is 0.429. The monoisotopic (exact) mass is 201 g/mol. The molecule has 1 aromatic rings. The first kappa shape index (κ1) is 10.4. The Bertz CT molecular complexity index is 343. The largest absolute Gasteiger partial charge is 0.324 e. The molecule has 0 bridgehead atoms. The van der Waals surface area contributed by atoms with Crippen molar-refractivity contribution in [2.24, 2.45) is 5.73 Å². The molecule has 2 atom stereocenters. The van der Waals surface area contributed by atoms with Gasteiger partial charge in [-0.3, -0.25) is 0 Å². The molecule has 0 heterocycles. The van der Waals surface area contributed by atoms with Gasteiger partial charge < -0.3 is 5.73 Å². The summed E-state index contributed by atoms with van der Waals surface area (Å²) in [5.74, 6) is 0.473. The normalized spacial score (nSPS) is 22.6. The van der Waals surface area contributed by atoms with Crippen molar-refractivity contribution >= 4 is 0 Å². The van der Waals surface area contributed by atoms with E-state index < -0.39 is 0 Å². The topological polar surface area (TPSA) is 26.0 Å². The van der Waals surface area contributed by atoms with Crippen LogP contribution in [0.3, 0.4) is 0 Å². The maximum absolute atomic E-state index is 6.11. The van der Waals surface area contributed by atoms with E-state index >= 15 is 0 Å². The quantitative estimate of drug-likeness (QED) is 0.577. The molecule has 0 saturated carbocycles. The highest BCUT2D eigenvalue weighted by Gasteiger charge is 2.21. The van der Waals surface area contributed by atoms with Crippen molar-refractivity contribution in [3.05, 3.63) is 48.0 Å². The Morgan fingerprint density at radius 2 is 2.13 bits per heavy atom. The fourth-order valence-corrected chi connectivity index (χ4v) is 2.52. The van der Waals surface area contributed by atoms with E-state index in [-0.39, 0.29) is 6.04 Å². The zero-order valence-corrected chi connectivity index (χ0v) is 9.15. The second-order valence-corrected chi connectivity index (χ2v) is 4.36. The smallest absolute Gasteiger partial charge is 0.0291 e. The molecule has 2 rings (SSSR count). The van der Waals surface area contributed by atoms with Crippen molar-refractivity contribution in [3.8, 4) is 0 Å². The average molecular weight is 201 g/mol. The van der Waals surface area contributed by atoms with E-state index in [1.165, 1.54) is 36.8 Å². The lowest BCUT2D eigenvalue weighted by molar-refractivity contribution is 0.548. The highest BCUT2D eigenvalue weighted by molar-refractivity contribution is 5.33. The summed E-state index contributed by atoms with van der Waals surface area (Å²) in [4.78, 5) is 0. The summed E-state index contributed by atoms with van der Waals surface area (Å²) < 4.78 is 0. The van der Waals surface area contributed by atoms with Crippen molar-refractivity contribution in [1.29, 1.82) is 0 Å². The number of hydrogen-bond acceptors (Lipinski definition) is 1. The summed E-state index contributed by atoms with van der Waals surface area (Å²) in [6.45, 7) is 3.81. The van der Waals surface area contributed by atoms with E-state index in [0.29, 0.717) is 5.92 Å². The molecule has 0 fully saturated rings. The number of nitrogens with two attached hydrogens (primary N) is 1. The number of aryl methyl sites for hydroxylation is 1. The predicted octanol–water partition coefficient (Wildman–Crippen LogP) is 3.01.